The number of amides is 1. The zero-order valence-electron chi connectivity index (χ0n) is 13.9. The number of aliphatic carboxylic acids is 1. The van der Waals surface area contributed by atoms with Gasteiger partial charge >= 0.3 is 5.97 Å². The number of hydrogen-bond donors (Lipinski definition) is 1. The van der Waals surface area contributed by atoms with Crippen LogP contribution in [0.15, 0.2) is 18.2 Å². The number of benzene rings is 1. The Balaban J connectivity index is 3.00. The van der Waals surface area contributed by atoms with Crippen molar-refractivity contribution in [2.45, 2.75) is 13.5 Å². The summed E-state index contributed by atoms with van der Waals surface area (Å²) in [5.74, 6) is 0.388. The third-order valence-electron chi connectivity index (χ3n) is 3.26. The average molecular weight is 341 g/mol. The summed E-state index contributed by atoms with van der Waals surface area (Å²) in [4.78, 5) is 24.9. The molecule has 0 aromatic heterocycles. The quantitative estimate of drug-likeness (QED) is 0.741. The van der Waals surface area contributed by atoms with Crippen molar-refractivity contribution in [2.75, 3.05) is 32.8 Å². The Morgan fingerprint density at radius 2 is 1.78 bits per heavy atom. The summed E-state index contributed by atoms with van der Waals surface area (Å²) in [5.41, 5.74) is 0.757. The van der Waals surface area contributed by atoms with Crippen molar-refractivity contribution in [2.24, 2.45) is 5.92 Å². The largest absolute Gasteiger partial charge is 0.497 e. The second-order valence-electron chi connectivity index (χ2n) is 5.17. The van der Waals surface area contributed by atoms with E-state index in [4.69, 9.17) is 14.6 Å². The van der Waals surface area contributed by atoms with Crippen molar-refractivity contribution in [1.82, 2.24) is 4.90 Å². The first-order valence-electron chi connectivity index (χ1n) is 7.12. The number of carbonyl (C=O) groups excluding carboxylic acids is 1. The third-order valence-corrected chi connectivity index (χ3v) is 4.09. The average Bonchev–Trinajstić information content (AvgIpc) is 2.52. The van der Waals surface area contributed by atoms with Crippen LogP contribution >= 0.6 is 11.8 Å². The Morgan fingerprint density at radius 3 is 2.22 bits per heavy atom. The molecule has 1 aromatic carbocycles. The standard InChI is InChI=1S/C16H23NO5S/c1-11(10-23-4)16(20)17(9-15(18)19)8-12-5-13(21-2)7-14(6-12)22-3/h5-7,11H,8-10H2,1-4H3,(H,18,19). The molecule has 0 aliphatic carbocycles. The molecular weight excluding hydrogens is 318 g/mol. The maximum atomic E-state index is 12.5. The number of hydrogen-bond acceptors (Lipinski definition) is 5. The first-order valence-corrected chi connectivity index (χ1v) is 8.52. The first-order chi connectivity index (χ1) is 10.9. The number of methoxy groups -OCH3 is 2. The molecule has 0 saturated carbocycles. The Kier molecular flexibility index (Phi) is 7.74. The lowest BCUT2D eigenvalue weighted by Gasteiger charge is -2.24. The molecule has 0 aliphatic heterocycles. The molecule has 0 radical (unpaired) electrons. The predicted molar refractivity (Wildman–Crippen MR) is 90.1 cm³/mol. The molecule has 1 unspecified atom stereocenters. The minimum atomic E-state index is -1.04. The van der Waals surface area contributed by atoms with Crippen molar-refractivity contribution in [3.63, 3.8) is 0 Å². The molecule has 7 heteroatoms. The number of ether oxygens (including phenoxy) is 2. The van der Waals surface area contributed by atoms with E-state index < -0.39 is 5.97 Å². The van der Waals surface area contributed by atoms with E-state index in [1.165, 1.54) is 4.90 Å². The number of thioether (sulfide) groups is 1. The lowest BCUT2D eigenvalue weighted by Crippen LogP contribution is -2.39. The van der Waals surface area contributed by atoms with Crippen LogP contribution < -0.4 is 9.47 Å². The molecule has 128 valence electrons. The van der Waals surface area contributed by atoms with Crippen molar-refractivity contribution in [3.05, 3.63) is 23.8 Å². The number of rotatable bonds is 9. The highest BCUT2D eigenvalue weighted by Crippen LogP contribution is 2.24. The van der Waals surface area contributed by atoms with Crippen LogP contribution in [0, 0.1) is 5.92 Å². The fourth-order valence-electron chi connectivity index (χ4n) is 2.19. The zero-order valence-corrected chi connectivity index (χ0v) is 14.7. The van der Waals surface area contributed by atoms with Crippen molar-refractivity contribution >= 4 is 23.6 Å². The van der Waals surface area contributed by atoms with Crippen LogP contribution in [0.3, 0.4) is 0 Å². The van der Waals surface area contributed by atoms with E-state index in [-0.39, 0.29) is 24.9 Å². The zero-order chi connectivity index (χ0) is 17.4. The number of nitrogens with zero attached hydrogens (tertiary/aromatic N) is 1. The van der Waals surface area contributed by atoms with Crippen molar-refractivity contribution < 1.29 is 24.2 Å². The summed E-state index contributed by atoms with van der Waals surface area (Å²) in [7, 11) is 3.08. The van der Waals surface area contributed by atoms with Gasteiger partial charge in [-0.05, 0) is 24.0 Å². The summed E-state index contributed by atoms with van der Waals surface area (Å²) >= 11 is 1.56. The van der Waals surface area contributed by atoms with Gasteiger partial charge in [-0.3, -0.25) is 9.59 Å². The lowest BCUT2D eigenvalue weighted by atomic mass is 10.1. The maximum Gasteiger partial charge on any atom is 0.323 e. The molecule has 23 heavy (non-hydrogen) atoms. The summed E-state index contributed by atoms with van der Waals surface area (Å²) in [6.45, 7) is 1.66. The van der Waals surface area contributed by atoms with Gasteiger partial charge in [0, 0.05) is 24.3 Å². The van der Waals surface area contributed by atoms with Crippen molar-refractivity contribution in [1.29, 1.82) is 0 Å². The third kappa shape index (κ3) is 6.02. The van der Waals surface area contributed by atoms with E-state index in [2.05, 4.69) is 0 Å². The molecule has 1 aromatic rings. The summed E-state index contributed by atoms with van der Waals surface area (Å²) < 4.78 is 10.4. The molecule has 1 atom stereocenters. The molecule has 6 nitrogen and oxygen atoms in total. The molecule has 0 fully saturated rings. The second kappa shape index (κ2) is 9.29. The fourth-order valence-corrected chi connectivity index (χ4v) is 2.83. The normalized spacial score (nSPS) is 11.7. The monoisotopic (exact) mass is 341 g/mol. The van der Waals surface area contributed by atoms with Crippen molar-refractivity contribution in [3.8, 4) is 11.5 Å². The maximum absolute atomic E-state index is 12.5. The van der Waals surface area contributed by atoms with Crippen LogP contribution in [0.2, 0.25) is 0 Å². The van der Waals surface area contributed by atoms with Crippen LogP contribution in [0.25, 0.3) is 0 Å². The molecule has 1 N–H and O–H groups in total. The number of carbonyl (C=O) groups is 2. The Bertz CT molecular complexity index is 527. The fraction of sp³-hybridized carbons (Fsp3) is 0.500. The first kappa shape index (κ1) is 19.2. The highest BCUT2D eigenvalue weighted by Gasteiger charge is 2.22. The minimum absolute atomic E-state index is 0.177. The van der Waals surface area contributed by atoms with Crippen LogP contribution in [0.5, 0.6) is 11.5 Å². The highest BCUT2D eigenvalue weighted by molar-refractivity contribution is 7.98. The van der Waals surface area contributed by atoms with Crippen LogP contribution in [-0.2, 0) is 16.1 Å². The predicted octanol–water partition coefficient (Wildman–Crippen LogP) is 2.12. The Labute approximate surface area is 140 Å². The van der Waals surface area contributed by atoms with E-state index in [9.17, 15) is 9.59 Å². The molecule has 0 saturated heterocycles. The minimum Gasteiger partial charge on any atom is -0.497 e. The highest BCUT2D eigenvalue weighted by atomic mass is 32.2. The van der Waals surface area contributed by atoms with Crippen LogP contribution in [0.4, 0.5) is 0 Å². The van der Waals surface area contributed by atoms with E-state index in [1.807, 2.05) is 6.26 Å². The van der Waals surface area contributed by atoms with Gasteiger partial charge in [-0.1, -0.05) is 6.92 Å². The number of carboxylic acid groups (broad SMARTS) is 1. The topological polar surface area (TPSA) is 76.1 Å². The van der Waals surface area contributed by atoms with Gasteiger partial charge in [0.1, 0.15) is 18.0 Å². The van der Waals surface area contributed by atoms with Gasteiger partial charge in [0.15, 0.2) is 0 Å². The van der Waals surface area contributed by atoms with E-state index in [1.54, 1.807) is 51.1 Å². The summed E-state index contributed by atoms with van der Waals surface area (Å²) in [6, 6.07) is 5.26. The second-order valence-corrected chi connectivity index (χ2v) is 6.08. The van der Waals surface area contributed by atoms with Gasteiger partial charge in [0.05, 0.1) is 14.2 Å². The van der Waals surface area contributed by atoms with Gasteiger partial charge in [0.25, 0.3) is 0 Å². The SMILES string of the molecule is COc1cc(CN(CC(=O)O)C(=O)C(C)CSC)cc(OC)c1. The van der Waals surface area contributed by atoms with Gasteiger partial charge in [-0.25, -0.2) is 0 Å². The van der Waals surface area contributed by atoms with E-state index >= 15 is 0 Å². The van der Waals surface area contributed by atoms with Gasteiger partial charge in [0.2, 0.25) is 5.91 Å². The molecule has 0 aliphatic rings. The van der Waals surface area contributed by atoms with Crippen LogP contribution in [0.1, 0.15) is 12.5 Å². The molecule has 1 rings (SSSR count). The summed E-state index contributed by atoms with van der Waals surface area (Å²) in [5, 5.41) is 9.08. The molecule has 0 bridgehead atoms. The van der Waals surface area contributed by atoms with Gasteiger partial charge < -0.3 is 19.5 Å². The van der Waals surface area contributed by atoms with E-state index in [0.717, 1.165) is 5.56 Å². The van der Waals surface area contributed by atoms with E-state index in [0.29, 0.717) is 17.3 Å². The molecule has 0 spiro atoms. The smallest absolute Gasteiger partial charge is 0.323 e. The molecule has 0 heterocycles. The molecule has 1 amide bonds. The number of carboxylic acids is 1. The summed E-state index contributed by atoms with van der Waals surface area (Å²) in [6.07, 6.45) is 1.91. The van der Waals surface area contributed by atoms with Gasteiger partial charge in [-0.15, -0.1) is 0 Å². The lowest BCUT2D eigenvalue weighted by molar-refractivity contribution is -0.146. The van der Waals surface area contributed by atoms with Gasteiger partial charge in [-0.2, -0.15) is 11.8 Å². The molecular formula is C16H23NO5S. The Morgan fingerprint density at radius 1 is 1.22 bits per heavy atom. The Hall–Kier alpha value is -1.89. The van der Waals surface area contributed by atoms with Crippen LogP contribution in [-0.4, -0.2) is 54.7 Å².